The van der Waals surface area contributed by atoms with Gasteiger partial charge in [0.1, 0.15) is 22.9 Å². The Bertz CT molecular complexity index is 654. The summed E-state index contributed by atoms with van der Waals surface area (Å²) in [5.41, 5.74) is -1.08. The SMILES string of the molecule is CCC(CC)(C(=O)O)c1nccc(N2C[C@@H](C)N(C(=O)CCl)[C@@H](C)C2)n1. The topological polar surface area (TPSA) is 86.6 Å². The average molecular weight is 383 g/mol. The van der Waals surface area contributed by atoms with Gasteiger partial charge in [0.05, 0.1) is 0 Å². The van der Waals surface area contributed by atoms with E-state index in [2.05, 4.69) is 14.9 Å². The van der Waals surface area contributed by atoms with Gasteiger partial charge in [-0.3, -0.25) is 9.59 Å². The summed E-state index contributed by atoms with van der Waals surface area (Å²) in [5, 5.41) is 9.74. The van der Waals surface area contributed by atoms with Gasteiger partial charge in [-0.15, -0.1) is 11.6 Å². The van der Waals surface area contributed by atoms with E-state index in [9.17, 15) is 14.7 Å². The first-order valence-corrected chi connectivity index (χ1v) is 9.53. The molecule has 1 N–H and O–H groups in total. The molecule has 0 unspecified atom stereocenters. The summed E-state index contributed by atoms with van der Waals surface area (Å²) in [5.74, 6) is 0.0298. The minimum absolute atomic E-state index is 0.00926. The van der Waals surface area contributed by atoms with Crippen LogP contribution in [0.5, 0.6) is 0 Å². The number of alkyl halides is 1. The van der Waals surface area contributed by atoms with Crippen LogP contribution in [-0.2, 0) is 15.0 Å². The number of anilines is 1. The van der Waals surface area contributed by atoms with E-state index < -0.39 is 11.4 Å². The number of nitrogens with zero attached hydrogens (tertiary/aromatic N) is 4. The smallest absolute Gasteiger partial charge is 0.317 e. The molecule has 1 saturated heterocycles. The Morgan fingerprint density at radius 3 is 2.31 bits per heavy atom. The summed E-state index contributed by atoms with van der Waals surface area (Å²) in [6, 6.07) is 1.77. The van der Waals surface area contributed by atoms with Crippen LogP contribution >= 0.6 is 11.6 Å². The first kappa shape index (κ1) is 20.4. The molecule has 0 radical (unpaired) electrons. The third-order valence-corrected chi connectivity index (χ3v) is 5.56. The summed E-state index contributed by atoms with van der Waals surface area (Å²) in [6.45, 7) is 8.87. The van der Waals surface area contributed by atoms with E-state index in [0.717, 1.165) is 0 Å². The number of hydrogen-bond donors (Lipinski definition) is 1. The molecule has 0 bridgehead atoms. The molecule has 7 nitrogen and oxygen atoms in total. The predicted molar refractivity (Wildman–Crippen MR) is 101 cm³/mol. The zero-order chi connectivity index (χ0) is 19.5. The van der Waals surface area contributed by atoms with Gasteiger partial charge in [-0.05, 0) is 32.8 Å². The molecule has 144 valence electrons. The molecule has 1 aromatic heterocycles. The van der Waals surface area contributed by atoms with Gasteiger partial charge in [0.25, 0.3) is 0 Å². The maximum atomic E-state index is 12.1. The van der Waals surface area contributed by atoms with Crippen LogP contribution in [0.4, 0.5) is 5.82 Å². The molecule has 26 heavy (non-hydrogen) atoms. The third-order valence-electron chi connectivity index (χ3n) is 5.33. The van der Waals surface area contributed by atoms with E-state index in [-0.39, 0.29) is 23.9 Å². The highest BCUT2D eigenvalue weighted by Crippen LogP contribution is 2.31. The fraction of sp³-hybridized carbons (Fsp3) is 0.667. The molecular weight excluding hydrogens is 356 g/mol. The Hall–Kier alpha value is -1.89. The summed E-state index contributed by atoms with van der Waals surface area (Å²) in [6.07, 6.45) is 2.46. The average Bonchev–Trinajstić information content (AvgIpc) is 2.62. The van der Waals surface area contributed by atoms with Gasteiger partial charge in [0.15, 0.2) is 0 Å². The van der Waals surface area contributed by atoms with Crippen molar-refractivity contribution in [3.63, 3.8) is 0 Å². The van der Waals surface area contributed by atoms with E-state index in [1.807, 2.05) is 32.6 Å². The van der Waals surface area contributed by atoms with E-state index >= 15 is 0 Å². The van der Waals surface area contributed by atoms with E-state index in [4.69, 9.17) is 11.6 Å². The maximum Gasteiger partial charge on any atom is 0.317 e. The third kappa shape index (κ3) is 3.63. The number of carboxylic acids is 1. The number of halogens is 1. The van der Waals surface area contributed by atoms with Crippen molar-refractivity contribution >= 4 is 29.3 Å². The predicted octanol–water partition coefficient (Wildman–Crippen LogP) is 2.28. The summed E-state index contributed by atoms with van der Waals surface area (Å²) in [4.78, 5) is 36.7. The highest BCUT2D eigenvalue weighted by molar-refractivity contribution is 6.27. The van der Waals surface area contributed by atoms with Gasteiger partial charge in [-0.25, -0.2) is 9.97 Å². The summed E-state index contributed by atoms with van der Waals surface area (Å²) >= 11 is 5.72. The van der Waals surface area contributed by atoms with Crippen LogP contribution in [0.25, 0.3) is 0 Å². The van der Waals surface area contributed by atoms with Crippen LogP contribution in [-0.4, -0.2) is 62.9 Å². The molecule has 0 aliphatic carbocycles. The fourth-order valence-corrected chi connectivity index (χ4v) is 3.93. The summed E-state index contributed by atoms with van der Waals surface area (Å²) < 4.78 is 0. The number of carbonyl (C=O) groups excluding carboxylic acids is 1. The van der Waals surface area contributed by atoms with Crippen LogP contribution in [0.15, 0.2) is 12.3 Å². The molecule has 2 heterocycles. The van der Waals surface area contributed by atoms with Crippen molar-refractivity contribution in [1.29, 1.82) is 0 Å². The lowest BCUT2D eigenvalue weighted by Gasteiger charge is -2.44. The number of aromatic nitrogens is 2. The van der Waals surface area contributed by atoms with Crippen molar-refractivity contribution in [3.05, 3.63) is 18.1 Å². The minimum Gasteiger partial charge on any atom is -0.480 e. The number of carboxylic acid groups (broad SMARTS) is 1. The zero-order valence-electron chi connectivity index (χ0n) is 15.8. The van der Waals surface area contributed by atoms with Crippen LogP contribution in [0.1, 0.15) is 46.4 Å². The molecule has 1 aliphatic heterocycles. The van der Waals surface area contributed by atoms with Gasteiger partial charge >= 0.3 is 5.97 Å². The minimum atomic E-state index is -1.08. The van der Waals surface area contributed by atoms with Crippen molar-refractivity contribution in [2.45, 2.75) is 58.0 Å². The van der Waals surface area contributed by atoms with E-state index in [1.165, 1.54) is 0 Å². The molecule has 8 heteroatoms. The molecule has 0 aromatic carbocycles. The zero-order valence-corrected chi connectivity index (χ0v) is 16.5. The highest BCUT2D eigenvalue weighted by Gasteiger charge is 2.40. The highest BCUT2D eigenvalue weighted by atomic mass is 35.5. The van der Waals surface area contributed by atoms with Crippen molar-refractivity contribution in [2.75, 3.05) is 23.9 Å². The molecule has 2 rings (SSSR count). The van der Waals surface area contributed by atoms with E-state index in [1.54, 1.807) is 12.3 Å². The molecule has 0 spiro atoms. The van der Waals surface area contributed by atoms with Gasteiger partial charge in [-0.1, -0.05) is 13.8 Å². The van der Waals surface area contributed by atoms with Crippen molar-refractivity contribution in [3.8, 4) is 0 Å². The van der Waals surface area contributed by atoms with Gasteiger partial charge < -0.3 is 14.9 Å². The summed E-state index contributed by atoms with van der Waals surface area (Å²) in [7, 11) is 0. The first-order valence-electron chi connectivity index (χ1n) is 8.99. The number of rotatable bonds is 6. The van der Waals surface area contributed by atoms with E-state index in [0.29, 0.717) is 37.6 Å². The standard InChI is InChI=1S/C18H27ClN4O3/c1-5-18(6-2,17(25)26)16-20-8-7-14(21-16)22-10-12(3)23(13(4)11-22)15(24)9-19/h7-8,12-13H,5-6,9-11H2,1-4H3,(H,25,26)/t12-,13+. The van der Waals surface area contributed by atoms with Crippen LogP contribution < -0.4 is 4.90 Å². The van der Waals surface area contributed by atoms with Gasteiger partial charge in [0, 0.05) is 31.4 Å². The van der Waals surface area contributed by atoms with Crippen molar-refractivity contribution in [1.82, 2.24) is 14.9 Å². The normalized spacial score (nSPS) is 21.0. The molecule has 1 aromatic rings. The van der Waals surface area contributed by atoms with Gasteiger partial charge in [-0.2, -0.15) is 0 Å². The Morgan fingerprint density at radius 2 is 1.85 bits per heavy atom. The Labute approximate surface area is 159 Å². The Kier molecular flexibility index (Phi) is 6.44. The molecule has 1 amide bonds. The van der Waals surface area contributed by atoms with Crippen molar-refractivity contribution < 1.29 is 14.7 Å². The second kappa shape index (κ2) is 8.20. The Balaban J connectivity index is 2.31. The second-order valence-corrected chi connectivity index (χ2v) is 7.14. The lowest BCUT2D eigenvalue weighted by atomic mass is 9.81. The maximum absolute atomic E-state index is 12.1. The quantitative estimate of drug-likeness (QED) is 0.759. The molecule has 1 fully saturated rings. The van der Waals surface area contributed by atoms with Crippen LogP contribution in [0.3, 0.4) is 0 Å². The number of piperazine rings is 1. The lowest BCUT2D eigenvalue weighted by Crippen LogP contribution is -2.59. The first-order chi connectivity index (χ1) is 12.3. The molecular formula is C18H27ClN4O3. The molecule has 1 aliphatic rings. The number of hydrogen-bond acceptors (Lipinski definition) is 5. The van der Waals surface area contributed by atoms with Crippen LogP contribution in [0.2, 0.25) is 0 Å². The monoisotopic (exact) mass is 382 g/mol. The number of carbonyl (C=O) groups is 2. The number of aliphatic carboxylic acids is 1. The van der Waals surface area contributed by atoms with Crippen LogP contribution in [0, 0.1) is 0 Å². The molecule has 2 atom stereocenters. The van der Waals surface area contributed by atoms with Gasteiger partial charge in [0.2, 0.25) is 5.91 Å². The Morgan fingerprint density at radius 1 is 1.27 bits per heavy atom. The molecule has 0 saturated carbocycles. The number of amides is 1. The van der Waals surface area contributed by atoms with Crippen molar-refractivity contribution in [2.24, 2.45) is 0 Å². The fourth-order valence-electron chi connectivity index (χ4n) is 3.79. The lowest BCUT2D eigenvalue weighted by molar-refractivity contribution is -0.144. The largest absolute Gasteiger partial charge is 0.480 e. The second-order valence-electron chi connectivity index (χ2n) is 6.87.